The fraction of sp³-hybridized carbons (Fsp3) is 0.524. The molecule has 146 valence electrons. The number of anilines is 2. The molecule has 1 amide bonds. The number of aryl methyl sites for hydroxylation is 2. The first kappa shape index (κ1) is 19.4. The minimum absolute atomic E-state index is 0.0869. The zero-order chi connectivity index (χ0) is 19.8. The molecule has 1 aromatic heterocycles. The van der Waals surface area contributed by atoms with Crippen LogP contribution >= 0.6 is 0 Å². The highest BCUT2D eigenvalue weighted by Crippen LogP contribution is 2.25. The van der Waals surface area contributed by atoms with Crippen LogP contribution in [0.1, 0.15) is 42.5 Å². The van der Waals surface area contributed by atoms with Crippen molar-refractivity contribution in [3.05, 3.63) is 41.2 Å². The van der Waals surface area contributed by atoms with Crippen molar-refractivity contribution in [3.8, 4) is 0 Å². The minimum Gasteiger partial charge on any atom is -0.369 e. The Balaban J connectivity index is 1.74. The Morgan fingerprint density at radius 1 is 1.07 bits per heavy atom. The number of piperazine rings is 1. The van der Waals surface area contributed by atoms with Crippen molar-refractivity contribution in [3.63, 3.8) is 0 Å². The molecule has 1 N–H and O–H groups in total. The summed E-state index contributed by atoms with van der Waals surface area (Å²) in [5, 5.41) is 7.54. The fourth-order valence-corrected chi connectivity index (χ4v) is 3.28. The van der Waals surface area contributed by atoms with E-state index in [1.165, 1.54) is 5.69 Å². The topological polar surface area (TPSA) is 53.4 Å². The van der Waals surface area contributed by atoms with Crippen LogP contribution in [-0.2, 0) is 12.5 Å². The van der Waals surface area contributed by atoms with Crippen LogP contribution in [0.15, 0.2) is 24.3 Å². The Morgan fingerprint density at radius 3 is 2.30 bits per heavy atom. The summed E-state index contributed by atoms with van der Waals surface area (Å²) in [6.07, 6.45) is 0. The molecule has 1 aliphatic rings. The van der Waals surface area contributed by atoms with Crippen LogP contribution in [0.4, 0.5) is 11.4 Å². The second kappa shape index (κ2) is 7.35. The van der Waals surface area contributed by atoms with Gasteiger partial charge in [-0.25, -0.2) is 0 Å². The highest BCUT2D eigenvalue weighted by atomic mass is 16.2. The van der Waals surface area contributed by atoms with Crippen molar-refractivity contribution in [1.29, 1.82) is 0 Å². The van der Waals surface area contributed by atoms with Crippen LogP contribution < -0.4 is 10.2 Å². The lowest BCUT2D eigenvalue weighted by molar-refractivity contribution is 0.101. The van der Waals surface area contributed by atoms with E-state index in [9.17, 15) is 4.79 Å². The quantitative estimate of drug-likeness (QED) is 0.904. The molecule has 6 nitrogen and oxygen atoms in total. The standard InChI is InChI=1S/C21H31N5O/c1-15-13-16(26-11-9-24(5)10-12-26)7-8-17(15)22-20(27)18-14-19(21(2,3)4)23-25(18)6/h7-8,13-14H,9-12H2,1-6H3,(H,22,27). The van der Waals surface area contributed by atoms with Gasteiger partial charge in [0.05, 0.1) is 5.69 Å². The lowest BCUT2D eigenvalue weighted by Crippen LogP contribution is -2.44. The summed E-state index contributed by atoms with van der Waals surface area (Å²) in [5.74, 6) is -0.129. The Labute approximate surface area is 162 Å². The number of likely N-dealkylation sites (N-methyl/N-ethyl adjacent to an activating group) is 1. The van der Waals surface area contributed by atoms with E-state index in [1.807, 2.05) is 26.1 Å². The molecule has 0 aliphatic carbocycles. The van der Waals surface area contributed by atoms with Gasteiger partial charge in [-0.2, -0.15) is 5.10 Å². The van der Waals surface area contributed by atoms with E-state index >= 15 is 0 Å². The van der Waals surface area contributed by atoms with Crippen LogP contribution in [0, 0.1) is 6.92 Å². The second-order valence-corrected chi connectivity index (χ2v) is 8.53. The number of benzene rings is 1. The van der Waals surface area contributed by atoms with E-state index in [0.717, 1.165) is 43.1 Å². The van der Waals surface area contributed by atoms with E-state index in [4.69, 9.17) is 0 Å². The molecule has 1 aromatic carbocycles. The van der Waals surface area contributed by atoms with Gasteiger partial charge in [0, 0.05) is 50.0 Å². The molecule has 2 aromatic rings. The molecule has 0 bridgehead atoms. The van der Waals surface area contributed by atoms with Crippen molar-refractivity contribution >= 4 is 17.3 Å². The van der Waals surface area contributed by atoms with Crippen LogP contribution in [0.3, 0.4) is 0 Å². The average molecular weight is 370 g/mol. The van der Waals surface area contributed by atoms with Gasteiger partial charge in [0.1, 0.15) is 5.69 Å². The number of amides is 1. The summed E-state index contributed by atoms with van der Waals surface area (Å²) >= 11 is 0. The molecule has 0 unspecified atom stereocenters. The Bertz CT molecular complexity index is 826. The molecule has 0 spiro atoms. The van der Waals surface area contributed by atoms with Gasteiger partial charge in [0.2, 0.25) is 0 Å². The molecular formula is C21H31N5O. The molecule has 1 saturated heterocycles. The Morgan fingerprint density at radius 2 is 1.74 bits per heavy atom. The van der Waals surface area contributed by atoms with Gasteiger partial charge in [0.25, 0.3) is 5.91 Å². The first-order valence-electron chi connectivity index (χ1n) is 9.55. The van der Waals surface area contributed by atoms with Crippen molar-refractivity contribution in [2.75, 3.05) is 43.4 Å². The molecule has 0 atom stereocenters. The van der Waals surface area contributed by atoms with Gasteiger partial charge in [0.15, 0.2) is 0 Å². The van der Waals surface area contributed by atoms with E-state index in [0.29, 0.717) is 5.69 Å². The van der Waals surface area contributed by atoms with Gasteiger partial charge in [-0.05, 0) is 43.8 Å². The van der Waals surface area contributed by atoms with Crippen molar-refractivity contribution in [1.82, 2.24) is 14.7 Å². The third kappa shape index (κ3) is 4.33. The summed E-state index contributed by atoms with van der Waals surface area (Å²) in [7, 11) is 3.97. The summed E-state index contributed by atoms with van der Waals surface area (Å²) in [5.41, 5.74) is 4.53. The van der Waals surface area contributed by atoms with E-state index in [1.54, 1.807) is 4.68 Å². The first-order valence-corrected chi connectivity index (χ1v) is 9.55. The Kier molecular flexibility index (Phi) is 5.29. The van der Waals surface area contributed by atoms with Crippen molar-refractivity contribution < 1.29 is 4.79 Å². The SMILES string of the molecule is Cc1cc(N2CCN(C)CC2)ccc1NC(=O)c1cc(C(C)(C)C)nn1C. The van der Waals surface area contributed by atoms with Gasteiger partial charge in [-0.15, -0.1) is 0 Å². The summed E-state index contributed by atoms with van der Waals surface area (Å²) in [6, 6.07) is 8.13. The molecule has 1 aliphatic heterocycles. The number of rotatable bonds is 3. The molecule has 2 heterocycles. The minimum atomic E-state index is -0.129. The number of nitrogens with zero attached hydrogens (tertiary/aromatic N) is 4. The number of nitrogens with one attached hydrogen (secondary N) is 1. The van der Waals surface area contributed by atoms with Crippen molar-refractivity contribution in [2.45, 2.75) is 33.1 Å². The number of carbonyl (C=O) groups is 1. The number of aromatic nitrogens is 2. The van der Waals surface area contributed by atoms with Crippen LogP contribution in [0.5, 0.6) is 0 Å². The maximum absolute atomic E-state index is 12.8. The van der Waals surface area contributed by atoms with E-state index in [-0.39, 0.29) is 11.3 Å². The normalized spacial score (nSPS) is 15.9. The number of hydrogen-bond donors (Lipinski definition) is 1. The summed E-state index contributed by atoms with van der Waals surface area (Å²) in [6.45, 7) is 12.6. The second-order valence-electron chi connectivity index (χ2n) is 8.53. The third-order valence-electron chi connectivity index (χ3n) is 5.21. The molecule has 0 radical (unpaired) electrons. The van der Waals surface area contributed by atoms with Gasteiger partial charge < -0.3 is 15.1 Å². The zero-order valence-corrected chi connectivity index (χ0v) is 17.3. The molecule has 3 rings (SSSR count). The molecule has 1 fully saturated rings. The van der Waals surface area contributed by atoms with Gasteiger partial charge in [-0.3, -0.25) is 9.48 Å². The zero-order valence-electron chi connectivity index (χ0n) is 17.3. The Hall–Kier alpha value is -2.34. The predicted octanol–water partition coefficient (Wildman–Crippen LogP) is 3.03. The van der Waals surface area contributed by atoms with Gasteiger partial charge in [-0.1, -0.05) is 20.8 Å². The number of carbonyl (C=O) groups excluding carboxylic acids is 1. The maximum Gasteiger partial charge on any atom is 0.273 e. The highest BCUT2D eigenvalue weighted by molar-refractivity contribution is 6.03. The van der Waals surface area contributed by atoms with Crippen LogP contribution in [0.25, 0.3) is 0 Å². The van der Waals surface area contributed by atoms with Crippen molar-refractivity contribution in [2.24, 2.45) is 7.05 Å². The van der Waals surface area contributed by atoms with E-state index < -0.39 is 0 Å². The molecular weight excluding hydrogens is 338 g/mol. The summed E-state index contributed by atoms with van der Waals surface area (Å²) < 4.78 is 1.66. The lowest BCUT2D eigenvalue weighted by Gasteiger charge is -2.34. The van der Waals surface area contributed by atoms with Crippen LogP contribution in [-0.4, -0.2) is 53.8 Å². The average Bonchev–Trinajstić information content (AvgIpc) is 2.99. The predicted molar refractivity (Wildman–Crippen MR) is 111 cm³/mol. The summed E-state index contributed by atoms with van der Waals surface area (Å²) in [4.78, 5) is 17.5. The van der Waals surface area contributed by atoms with E-state index in [2.05, 4.69) is 60.2 Å². The molecule has 0 saturated carbocycles. The largest absolute Gasteiger partial charge is 0.369 e. The number of hydrogen-bond acceptors (Lipinski definition) is 4. The third-order valence-corrected chi connectivity index (χ3v) is 5.21. The maximum atomic E-state index is 12.8. The van der Waals surface area contributed by atoms with Crippen LogP contribution in [0.2, 0.25) is 0 Å². The first-order chi connectivity index (χ1) is 12.6. The monoisotopic (exact) mass is 369 g/mol. The highest BCUT2D eigenvalue weighted by Gasteiger charge is 2.22. The van der Waals surface area contributed by atoms with Gasteiger partial charge >= 0.3 is 0 Å². The molecule has 27 heavy (non-hydrogen) atoms. The smallest absolute Gasteiger partial charge is 0.273 e. The fourth-order valence-electron chi connectivity index (χ4n) is 3.28. The lowest BCUT2D eigenvalue weighted by atomic mass is 9.92. The molecule has 6 heteroatoms.